The number of hydrogen-bond acceptors (Lipinski definition) is 3. The number of carboxylic acid groups (broad SMARTS) is 1. The average molecular weight is 413 g/mol. The van der Waals surface area contributed by atoms with Crippen LogP contribution < -0.4 is 0 Å². The second-order valence-electron chi connectivity index (χ2n) is 8.07. The van der Waals surface area contributed by atoms with Crippen LogP contribution in [0.15, 0.2) is 78.9 Å². The van der Waals surface area contributed by atoms with E-state index >= 15 is 0 Å². The zero-order valence-electron chi connectivity index (χ0n) is 17.0. The lowest BCUT2D eigenvalue weighted by Crippen LogP contribution is -2.42. The normalized spacial score (nSPS) is 19.7. The van der Waals surface area contributed by atoms with Crippen LogP contribution in [0.25, 0.3) is 11.1 Å². The van der Waals surface area contributed by atoms with Crippen molar-refractivity contribution in [2.45, 2.75) is 30.8 Å². The lowest BCUT2D eigenvalue weighted by molar-refractivity contribution is -0.142. The van der Waals surface area contributed by atoms with Gasteiger partial charge in [0.25, 0.3) is 0 Å². The summed E-state index contributed by atoms with van der Waals surface area (Å²) in [6.07, 6.45) is 0.449. The summed E-state index contributed by atoms with van der Waals surface area (Å²) in [6, 6.07) is 24.7. The van der Waals surface area contributed by atoms with Crippen LogP contribution in [0.5, 0.6) is 0 Å². The number of amides is 1. The van der Waals surface area contributed by atoms with Gasteiger partial charge in [0.2, 0.25) is 0 Å². The molecule has 0 bridgehead atoms. The molecule has 0 unspecified atom stereocenters. The molecule has 0 aromatic heterocycles. The van der Waals surface area contributed by atoms with Gasteiger partial charge in [0, 0.05) is 5.92 Å². The highest BCUT2D eigenvalue weighted by molar-refractivity contribution is 5.82. The summed E-state index contributed by atoms with van der Waals surface area (Å²) in [6.45, 7) is 0.178. The maximum atomic E-state index is 13.2. The molecule has 1 aliphatic heterocycles. The Morgan fingerprint density at radius 3 is 2.03 bits per heavy atom. The summed E-state index contributed by atoms with van der Waals surface area (Å²) >= 11 is 0. The van der Waals surface area contributed by atoms with Crippen molar-refractivity contribution in [1.29, 1.82) is 0 Å². The van der Waals surface area contributed by atoms with Gasteiger partial charge in [-0.3, -0.25) is 4.90 Å². The van der Waals surface area contributed by atoms with Crippen LogP contribution in [0, 0.1) is 0 Å². The summed E-state index contributed by atoms with van der Waals surface area (Å²) in [7, 11) is 0. The van der Waals surface area contributed by atoms with Crippen LogP contribution in [0.4, 0.5) is 4.79 Å². The number of carbonyl (C=O) groups is 2. The largest absolute Gasteiger partial charge is 0.480 e. The molecule has 0 saturated carbocycles. The minimum atomic E-state index is -0.994. The highest BCUT2D eigenvalue weighted by Crippen LogP contribution is 2.45. The number of rotatable bonds is 4. The number of nitrogens with zero attached hydrogens (tertiary/aromatic N) is 1. The molecule has 3 aromatic rings. The summed E-state index contributed by atoms with van der Waals surface area (Å²) in [5.41, 5.74) is 5.51. The zero-order valence-corrected chi connectivity index (χ0v) is 17.0. The SMILES string of the molecule is O=C(O)[C@@H]1CC[C@@H](c2ccccc2)N1C(=O)OCC1c2ccccc2-c2ccccc21. The minimum Gasteiger partial charge on any atom is -0.480 e. The Hall–Kier alpha value is -3.60. The standard InChI is InChI=1S/C26H23NO4/c28-25(29)24-15-14-23(17-8-2-1-3-9-17)27(24)26(30)31-16-22-20-12-6-4-10-18(20)19-11-5-7-13-21(19)22/h1-13,22-24H,14-16H2,(H,28,29)/t23-,24-/m0/s1. The van der Waals surface area contributed by atoms with Crippen LogP contribution in [0.2, 0.25) is 0 Å². The Morgan fingerprint density at radius 1 is 0.839 bits per heavy atom. The van der Waals surface area contributed by atoms with E-state index in [1.165, 1.54) is 4.90 Å². The Labute approximate surface area is 180 Å². The molecule has 1 N–H and O–H groups in total. The van der Waals surface area contributed by atoms with Gasteiger partial charge in [-0.15, -0.1) is 0 Å². The maximum absolute atomic E-state index is 13.2. The van der Waals surface area contributed by atoms with E-state index in [0.29, 0.717) is 12.8 Å². The third kappa shape index (κ3) is 3.36. The van der Waals surface area contributed by atoms with E-state index in [-0.39, 0.29) is 18.6 Å². The summed E-state index contributed by atoms with van der Waals surface area (Å²) in [4.78, 5) is 26.4. The van der Waals surface area contributed by atoms with Gasteiger partial charge in [-0.1, -0.05) is 78.9 Å². The van der Waals surface area contributed by atoms with Crippen molar-refractivity contribution in [3.8, 4) is 11.1 Å². The van der Waals surface area contributed by atoms with E-state index in [1.54, 1.807) is 0 Å². The molecule has 2 aliphatic rings. The molecule has 1 aliphatic carbocycles. The van der Waals surface area contributed by atoms with Crippen molar-refractivity contribution >= 4 is 12.1 Å². The highest BCUT2D eigenvalue weighted by atomic mass is 16.6. The van der Waals surface area contributed by atoms with Crippen molar-refractivity contribution in [3.05, 3.63) is 95.6 Å². The lowest BCUT2D eigenvalue weighted by atomic mass is 9.98. The topological polar surface area (TPSA) is 66.8 Å². The molecule has 5 rings (SSSR count). The number of carbonyl (C=O) groups excluding carboxylic acids is 1. The maximum Gasteiger partial charge on any atom is 0.411 e. The minimum absolute atomic E-state index is 0.0580. The molecule has 3 aromatic carbocycles. The van der Waals surface area contributed by atoms with E-state index in [9.17, 15) is 14.7 Å². The highest BCUT2D eigenvalue weighted by Gasteiger charge is 2.43. The van der Waals surface area contributed by atoms with Gasteiger partial charge >= 0.3 is 12.1 Å². The van der Waals surface area contributed by atoms with E-state index in [1.807, 2.05) is 54.6 Å². The third-order valence-corrected chi connectivity index (χ3v) is 6.40. The first-order valence-electron chi connectivity index (χ1n) is 10.6. The van der Waals surface area contributed by atoms with Crippen molar-refractivity contribution in [3.63, 3.8) is 0 Å². The first kappa shape index (κ1) is 19.4. The Balaban J connectivity index is 1.40. The predicted octanol–water partition coefficient (Wildman–Crippen LogP) is 5.23. The first-order valence-corrected chi connectivity index (χ1v) is 10.6. The van der Waals surface area contributed by atoms with Gasteiger partial charge in [0.15, 0.2) is 0 Å². The van der Waals surface area contributed by atoms with Crippen LogP contribution >= 0.6 is 0 Å². The van der Waals surface area contributed by atoms with Crippen molar-refractivity contribution < 1.29 is 19.4 Å². The number of hydrogen-bond donors (Lipinski definition) is 1. The molecule has 5 heteroatoms. The van der Waals surface area contributed by atoms with E-state index < -0.39 is 18.1 Å². The lowest BCUT2D eigenvalue weighted by Gasteiger charge is -2.28. The monoisotopic (exact) mass is 413 g/mol. The number of fused-ring (bicyclic) bond motifs is 3. The van der Waals surface area contributed by atoms with Gasteiger partial charge in [-0.2, -0.15) is 0 Å². The number of likely N-dealkylation sites (tertiary alicyclic amines) is 1. The summed E-state index contributed by atoms with van der Waals surface area (Å²) in [5.74, 6) is -1.05. The molecule has 1 amide bonds. The van der Waals surface area contributed by atoms with E-state index in [0.717, 1.165) is 27.8 Å². The fourth-order valence-corrected chi connectivity index (χ4v) is 4.98. The fraction of sp³-hybridized carbons (Fsp3) is 0.231. The van der Waals surface area contributed by atoms with Crippen LogP contribution in [0.3, 0.4) is 0 Å². The van der Waals surface area contributed by atoms with Gasteiger partial charge in [-0.25, -0.2) is 9.59 Å². The smallest absolute Gasteiger partial charge is 0.411 e. The quantitative estimate of drug-likeness (QED) is 0.636. The number of carboxylic acids is 1. The Morgan fingerprint density at radius 2 is 1.42 bits per heavy atom. The molecule has 156 valence electrons. The van der Waals surface area contributed by atoms with Gasteiger partial charge in [0.05, 0.1) is 6.04 Å². The third-order valence-electron chi connectivity index (χ3n) is 6.40. The second-order valence-corrected chi connectivity index (χ2v) is 8.07. The molecule has 31 heavy (non-hydrogen) atoms. The van der Waals surface area contributed by atoms with Crippen LogP contribution in [0.1, 0.15) is 41.5 Å². The number of aliphatic carboxylic acids is 1. The number of benzene rings is 3. The van der Waals surface area contributed by atoms with Gasteiger partial charge in [-0.05, 0) is 40.7 Å². The summed E-state index contributed by atoms with van der Waals surface area (Å²) in [5, 5.41) is 9.69. The number of ether oxygens (including phenoxy) is 1. The molecule has 2 atom stereocenters. The zero-order chi connectivity index (χ0) is 21.4. The van der Waals surface area contributed by atoms with Crippen LogP contribution in [-0.4, -0.2) is 34.7 Å². The first-order chi connectivity index (χ1) is 15.1. The predicted molar refractivity (Wildman–Crippen MR) is 117 cm³/mol. The second kappa shape index (κ2) is 7.91. The fourth-order valence-electron chi connectivity index (χ4n) is 4.98. The molecule has 0 radical (unpaired) electrons. The summed E-state index contributed by atoms with van der Waals surface area (Å²) < 4.78 is 5.78. The Bertz CT molecular complexity index is 1080. The van der Waals surface area contributed by atoms with E-state index in [2.05, 4.69) is 24.3 Å². The van der Waals surface area contributed by atoms with Crippen molar-refractivity contribution in [1.82, 2.24) is 4.90 Å². The Kier molecular flexibility index (Phi) is 4.94. The van der Waals surface area contributed by atoms with Crippen molar-refractivity contribution in [2.24, 2.45) is 0 Å². The molecule has 0 spiro atoms. The molecule has 1 heterocycles. The molecule has 1 fully saturated rings. The molecule has 1 saturated heterocycles. The van der Waals surface area contributed by atoms with Crippen LogP contribution in [-0.2, 0) is 9.53 Å². The average Bonchev–Trinajstić information content (AvgIpc) is 3.38. The molecule has 5 nitrogen and oxygen atoms in total. The van der Waals surface area contributed by atoms with Crippen molar-refractivity contribution in [2.75, 3.05) is 6.61 Å². The molecular weight excluding hydrogens is 390 g/mol. The van der Waals surface area contributed by atoms with Gasteiger partial charge < -0.3 is 9.84 Å². The van der Waals surface area contributed by atoms with Gasteiger partial charge in [0.1, 0.15) is 12.6 Å². The van der Waals surface area contributed by atoms with E-state index in [4.69, 9.17) is 4.74 Å². The molecular formula is C26H23NO4.